The van der Waals surface area contributed by atoms with Crippen LogP contribution >= 0.6 is 0 Å². The van der Waals surface area contributed by atoms with E-state index < -0.39 is 0 Å². The summed E-state index contributed by atoms with van der Waals surface area (Å²) < 4.78 is 6.10. The standard InChI is InChI=1S/C16H24N4O2/c1-12-9-18-15(19-10-12)20-5-3-16(4-6-20)8-13(11-22-16)7-14(21)17-2/h9-10,13H,3-8,11H2,1-2H3,(H,17,21). The molecule has 0 saturated carbocycles. The molecule has 0 radical (unpaired) electrons. The van der Waals surface area contributed by atoms with E-state index in [0.717, 1.165) is 43.9 Å². The maximum atomic E-state index is 11.5. The SMILES string of the molecule is CNC(=O)CC1COC2(CCN(c3ncc(C)cn3)CC2)C1. The highest BCUT2D eigenvalue weighted by Gasteiger charge is 2.43. The zero-order chi connectivity index (χ0) is 15.6. The Hall–Kier alpha value is -1.69. The van der Waals surface area contributed by atoms with E-state index in [0.29, 0.717) is 18.9 Å². The van der Waals surface area contributed by atoms with Crippen molar-refractivity contribution in [1.82, 2.24) is 15.3 Å². The molecule has 6 heteroatoms. The molecule has 0 aliphatic carbocycles. The second-order valence-corrected chi connectivity index (χ2v) is 6.49. The fourth-order valence-corrected chi connectivity index (χ4v) is 3.45. The van der Waals surface area contributed by atoms with Crippen molar-refractivity contribution < 1.29 is 9.53 Å². The predicted octanol–water partition coefficient (Wildman–Crippen LogP) is 1.30. The van der Waals surface area contributed by atoms with E-state index in [1.807, 2.05) is 19.3 Å². The fourth-order valence-electron chi connectivity index (χ4n) is 3.45. The number of aromatic nitrogens is 2. The van der Waals surface area contributed by atoms with Gasteiger partial charge in [0.2, 0.25) is 11.9 Å². The number of aryl methyl sites for hydroxylation is 1. The molecule has 6 nitrogen and oxygen atoms in total. The highest BCUT2D eigenvalue weighted by atomic mass is 16.5. The molecular formula is C16H24N4O2. The van der Waals surface area contributed by atoms with Gasteiger partial charge in [0.1, 0.15) is 0 Å². The molecule has 1 aromatic heterocycles. The quantitative estimate of drug-likeness (QED) is 0.911. The monoisotopic (exact) mass is 304 g/mol. The average molecular weight is 304 g/mol. The Balaban J connectivity index is 1.55. The first-order valence-corrected chi connectivity index (χ1v) is 7.98. The molecule has 3 heterocycles. The van der Waals surface area contributed by atoms with Crippen LogP contribution in [0.3, 0.4) is 0 Å². The van der Waals surface area contributed by atoms with Crippen LogP contribution in [0, 0.1) is 12.8 Å². The molecular weight excluding hydrogens is 280 g/mol. The Morgan fingerprint density at radius 1 is 1.41 bits per heavy atom. The normalized spacial score (nSPS) is 23.7. The third-order valence-corrected chi connectivity index (χ3v) is 4.76. The molecule has 2 saturated heterocycles. The van der Waals surface area contributed by atoms with Crippen LogP contribution in [0.25, 0.3) is 0 Å². The number of ether oxygens (including phenoxy) is 1. The third-order valence-electron chi connectivity index (χ3n) is 4.76. The highest BCUT2D eigenvalue weighted by molar-refractivity contribution is 5.75. The van der Waals surface area contributed by atoms with Crippen LogP contribution in [0.2, 0.25) is 0 Å². The summed E-state index contributed by atoms with van der Waals surface area (Å²) in [7, 11) is 1.69. The molecule has 1 unspecified atom stereocenters. The van der Waals surface area contributed by atoms with Gasteiger partial charge in [-0.3, -0.25) is 4.79 Å². The summed E-state index contributed by atoms with van der Waals surface area (Å²) in [6, 6.07) is 0. The van der Waals surface area contributed by atoms with E-state index in [9.17, 15) is 4.79 Å². The van der Waals surface area contributed by atoms with Gasteiger partial charge in [0.25, 0.3) is 0 Å². The first-order chi connectivity index (χ1) is 10.6. The average Bonchev–Trinajstić information content (AvgIpc) is 2.91. The van der Waals surface area contributed by atoms with E-state index in [4.69, 9.17) is 4.74 Å². The van der Waals surface area contributed by atoms with Gasteiger partial charge in [0.05, 0.1) is 12.2 Å². The molecule has 1 atom stereocenters. The largest absolute Gasteiger partial charge is 0.375 e. The minimum atomic E-state index is -0.0418. The number of anilines is 1. The topological polar surface area (TPSA) is 67.3 Å². The summed E-state index contributed by atoms with van der Waals surface area (Å²) in [5.41, 5.74) is 1.04. The maximum absolute atomic E-state index is 11.5. The summed E-state index contributed by atoms with van der Waals surface area (Å²) >= 11 is 0. The third kappa shape index (κ3) is 3.21. The van der Waals surface area contributed by atoms with Crippen molar-refractivity contribution >= 4 is 11.9 Å². The van der Waals surface area contributed by atoms with Crippen LogP contribution in [0.5, 0.6) is 0 Å². The summed E-state index contributed by atoms with van der Waals surface area (Å²) in [5, 5.41) is 2.70. The van der Waals surface area contributed by atoms with Gasteiger partial charge >= 0.3 is 0 Å². The van der Waals surface area contributed by atoms with Crippen molar-refractivity contribution in [1.29, 1.82) is 0 Å². The molecule has 22 heavy (non-hydrogen) atoms. The van der Waals surface area contributed by atoms with Gasteiger partial charge in [0.15, 0.2) is 0 Å². The van der Waals surface area contributed by atoms with E-state index in [1.54, 1.807) is 7.05 Å². The van der Waals surface area contributed by atoms with Crippen LogP contribution in [0.1, 0.15) is 31.2 Å². The molecule has 1 aromatic rings. The van der Waals surface area contributed by atoms with Gasteiger partial charge in [-0.1, -0.05) is 0 Å². The van der Waals surface area contributed by atoms with Crippen molar-refractivity contribution in [3.63, 3.8) is 0 Å². The van der Waals surface area contributed by atoms with Crippen molar-refractivity contribution in [3.05, 3.63) is 18.0 Å². The number of carbonyl (C=O) groups is 1. The predicted molar refractivity (Wildman–Crippen MR) is 83.7 cm³/mol. The Morgan fingerprint density at radius 2 is 2.09 bits per heavy atom. The summed E-state index contributed by atoms with van der Waals surface area (Å²) in [4.78, 5) is 22.5. The minimum Gasteiger partial charge on any atom is -0.375 e. The van der Waals surface area contributed by atoms with Crippen LogP contribution in [-0.4, -0.2) is 48.2 Å². The zero-order valence-corrected chi connectivity index (χ0v) is 13.3. The molecule has 2 aliphatic rings. The van der Waals surface area contributed by atoms with Gasteiger partial charge in [-0.15, -0.1) is 0 Å². The lowest BCUT2D eigenvalue weighted by Gasteiger charge is -2.38. The lowest BCUT2D eigenvalue weighted by atomic mass is 9.84. The Kier molecular flexibility index (Phi) is 4.29. The van der Waals surface area contributed by atoms with Crippen LogP contribution in [0.15, 0.2) is 12.4 Å². The summed E-state index contributed by atoms with van der Waals surface area (Å²) in [6.45, 7) is 4.52. The van der Waals surface area contributed by atoms with Crippen LogP contribution in [-0.2, 0) is 9.53 Å². The van der Waals surface area contributed by atoms with Gasteiger partial charge in [-0.25, -0.2) is 9.97 Å². The molecule has 3 rings (SSSR count). The Morgan fingerprint density at radius 3 is 2.73 bits per heavy atom. The second-order valence-electron chi connectivity index (χ2n) is 6.49. The number of piperidine rings is 1. The van der Waals surface area contributed by atoms with E-state index >= 15 is 0 Å². The smallest absolute Gasteiger partial charge is 0.225 e. The van der Waals surface area contributed by atoms with Gasteiger partial charge in [-0.05, 0) is 37.7 Å². The lowest BCUT2D eigenvalue weighted by Crippen LogP contribution is -2.44. The van der Waals surface area contributed by atoms with Crippen LogP contribution in [0.4, 0.5) is 5.95 Å². The number of nitrogens with zero attached hydrogens (tertiary/aromatic N) is 3. The van der Waals surface area contributed by atoms with E-state index in [2.05, 4.69) is 20.2 Å². The van der Waals surface area contributed by atoms with Crippen molar-refractivity contribution in [3.8, 4) is 0 Å². The minimum absolute atomic E-state index is 0.0418. The Bertz CT molecular complexity index is 523. The maximum Gasteiger partial charge on any atom is 0.225 e. The Labute approximate surface area is 131 Å². The van der Waals surface area contributed by atoms with Crippen molar-refractivity contribution in [2.24, 2.45) is 5.92 Å². The molecule has 2 fully saturated rings. The molecule has 120 valence electrons. The van der Waals surface area contributed by atoms with Crippen LogP contribution < -0.4 is 10.2 Å². The molecule has 0 aromatic carbocycles. The second kappa shape index (κ2) is 6.20. The number of nitrogens with one attached hydrogen (secondary N) is 1. The van der Waals surface area contributed by atoms with Crippen molar-refractivity contribution in [2.45, 2.75) is 38.2 Å². The molecule has 2 aliphatic heterocycles. The number of amides is 1. The molecule has 1 amide bonds. The number of hydrogen-bond acceptors (Lipinski definition) is 5. The fraction of sp³-hybridized carbons (Fsp3) is 0.688. The molecule has 0 bridgehead atoms. The highest BCUT2D eigenvalue weighted by Crippen LogP contribution is 2.40. The number of carbonyl (C=O) groups excluding carboxylic acids is 1. The van der Waals surface area contributed by atoms with E-state index in [-0.39, 0.29) is 11.5 Å². The first kappa shape index (κ1) is 15.2. The van der Waals surface area contributed by atoms with E-state index in [1.165, 1.54) is 0 Å². The summed E-state index contributed by atoms with van der Waals surface area (Å²) in [6.07, 6.45) is 7.24. The lowest BCUT2D eigenvalue weighted by molar-refractivity contribution is -0.121. The van der Waals surface area contributed by atoms with Gasteiger partial charge in [0, 0.05) is 39.0 Å². The molecule has 1 spiro atoms. The summed E-state index contributed by atoms with van der Waals surface area (Å²) in [5.74, 6) is 1.26. The number of rotatable bonds is 3. The number of hydrogen-bond donors (Lipinski definition) is 1. The first-order valence-electron chi connectivity index (χ1n) is 7.98. The van der Waals surface area contributed by atoms with Crippen molar-refractivity contribution in [2.75, 3.05) is 31.6 Å². The van der Waals surface area contributed by atoms with Gasteiger partial charge < -0.3 is 15.0 Å². The zero-order valence-electron chi connectivity index (χ0n) is 13.3. The molecule has 1 N–H and O–H groups in total. The van der Waals surface area contributed by atoms with Gasteiger partial charge in [-0.2, -0.15) is 0 Å².